The highest BCUT2D eigenvalue weighted by atomic mass is 16.1. The number of pyridine rings is 1. The molecule has 2 aromatic carbocycles. The van der Waals surface area contributed by atoms with Gasteiger partial charge in [-0.15, -0.1) is 0 Å². The van der Waals surface area contributed by atoms with Crippen molar-refractivity contribution in [3.05, 3.63) is 83.2 Å². The summed E-state index contributed by atoms with van der Waals surface area (Å²) in [7, 11) is 2.14. The molecular formula is C26H27N3O. The van der Waals surface area contributed by atoms with Crippen LogP contribution in [0.25, 0.3) is 0 Å². The molecule has 1 N–H and O–H groups in total. The predicted molar refractivity (Wildman–Crippen MR) is 122 cm³/mol. The van der Waals surface area contributed by atoms with Gasteiger partial charge in [0.25, 0.3) is 0 Å². The van der Waals surface area contributed by atoms with E-state index in [0.29, 0.717) is 11.5 Å². The van der Waals surface area contributed by atoms with Crippen molar-refractivity contribution < 1.29 is 4.79 Å². The molecule has 0 aliphatic heterocycles. The average molecular weight is 398 g/mol. The van der Waals surface area contributed by atoms with Crippen molar-refractivity contribution in [2.45, 2.75) is 37.5 Å². The Balaban J connectivity index is 1.29. The van der Waals surface area contributed by atoms with Gasteiger partial charge in [-0.3, -0.25) is 9.78 Å². The summed E-state index contributed by atoms with van der Waals surface area (Å²) in [6.07, 6.45) is 9.16. The minimum Gasteiger partial charge on any atom is -0.383 e. The summed E-state index contributed by atoms with van der Waals surface area (Å²) in [5.41, 5.74) is 8.26. The Morgan fingerprint density at radius 2 is 1.87 bits per heavy atom. The second-order valence-corrected chi connectivity index (χ2v) is 8.51. The van der Waals surface area contributed by atoms with Gasteiger partial charge in [-0.25, -0.2) is 0 Å². The predicted octanol–water partition coefficient (Wildman–Crippen LogP) is 5.68. The number of benzene rings is 2. The van der Waals surface area contributed by atoms with Crippen LogP contribution in [0.4, 0.5) is 17.1 Å². The summed E-state index contributed by atoms with van der Waals surface area (Å²) in [6, 6.07) is 17.6. The van der Waals surface area contributed by atoms with Crippen LogP contribution < -0.4 is 10.2 Å². The maximum absolute atomic E-state index is 11.2. The minimum atomic E-state index is 0.455. The SMILES string of the molecule is CN(c1ccc(C2CC2)cc1)c1ccc2c(c1)CCC2CNc1cnccc1C=O. The summed E-state index contributed by atoms with van der Waals surface area (Å²) >= 11 is 0. The molecule has 30 heavy (non-hydrogen) atoms. The molecule has 0 spiro atoms. The van der Waals surface area contributed by atoms with Crippen molar-refractivity contribution in [2.75, 3.05) is 23.8 Å². The topological polar surface area (TPSA) is 45.2 Å². The molecule has 1 heterocycles. The van der Waals surface area contributed by atoms with Gasteiger partial charge in [-0.2, -0.15) is 0 Å². The fourth-order valence-electron chi connectivity index (χ4n) is 4.54. The Labute approximate surface area is 178 Å². The van der Waals surface area contributed by atoms with Crippen LogP contribution >= 0.6 is 0 Å². The molecule has 1 saturated carbocycles. The molecule has 0 radical (unpaired) electrons. The van der Waals surface area contributed by atoms with E-state index in [9.17, 15) is 4.79 Å². The maximum atomic E-state index is 11.2. The summed E-state index contributed by atoms with van der Waals surface area (Å²) in [4.78, 5) is 17.6. The molecule has 1 unspecified atom stereocenters. The van der Waals surface area contributed by atoms with Gasteiger partial charge in [0, 0.05) is 42.6 Å². The molecule has 1 atom stereocenters. The molecule has 2 aliphatic rings. The number of carbonyl (C=O) groups excluding carboxylic acids is 1. The van der Waals surface area contributed by atoms with Gasteiger partial charge < -0.3 is 10.2 Å². The molecule has 0 bridgehead atoms. The number of aryl methyl sites for hydroxylation is 1. The number of rotatable bonds is 7. The van der Waals surface area contributed by atoms with Gasteiger partial charge in [-0.1, -0.05) is 18.2 Å². The molecular weight excluding hydrogens is 370 g/mol. The first-order valence-electron chi connectivity index (χ1n) is 10.8. The Kier molecular flexibility index (Phi) is 4.99. The number of anilines is 3. The largest absolute Gasteiger partial charge is 0.383 e. The van der Waals surface area contributed by atoms with Crippen LogP contribution in [0.5, 0.6) is 0 Å². The lowest BCUT2D eigenvalue weighted by Gasteiger charge is -2.21. The first-order valence-corrected chi connectivity index (χ1v) is 10.8. The standard InChI is InChI=1S/C26H27N3O/c1-29(23-8-6-19(7-9-23)18-2-3-18)24-10-11-25-20(14-24)4-5-21(25)15-28-26-16-27-13-12-22(26)17-30/h6-14,16-18,21,28H,2-5,15H2,1H3. The maximum Gasteiger partial charge on any atom is 0.152 e. The van der Waals surface area contributed by atoms with Crippen molar-refractivity contribution in [3.8, 4) is 0 Å². The van der Waals surface area contributed by atoms with E-state index in [1.165, 1.54) is 40.9 Å². The number of hydrogen-bond donors (Lipinski definition) is 1. The van der Waals surface area contributed by atoms with E-state index in [1.807, 2.05) is 0 Å². The lowest BCUT2D eigenvalue weighted by Crippen LogP contribution is -2.12. The Morgan fingerprint density at radius 3 is 2.63 bits per heavy atom. The van der Waals surface area contributed by atoms with Crippen molar-refractivity contribution in [1.29, 1.82) is 0 Å². The number of nitrogens with zero attached hydrogens (tertiary/aromatic N) is 2. The minimum absolute atomic E-state index is 0.455. The number of fused-ring (bicyclic) bond motifs is 1. The summed E-state index contributed by atoms with van der Waals surface area (Å²) in [6.45, 7) is 0.817. The van der Waals surface area contributed by atoms with E-state index in [2.05, 4.69) is 64.7 Å². The van der Waals surface area contributed by atoms with E-state index in [-0.39, 0.29) is 0 Å². The van der Waals surface area contributed by atoms with Gasteiger partial charge in [-0.05, 0) is 78.6 Å². The normalized spacial score (nSPS) is 17.4. The molecule has 0 saturated heterocycles. The molecule has 2 aliphatic carbocycles. The number of nitrogens with one attached hydrogen (secondary N) is 1. The Bertz CT molecular complexity index is 1060. The zero-order chi connectivity index (χ0) is 20.5. The fraction of sp³-hybridized carbons (Fsp3) is 0.308. The third-order valence-electron chi connectivity index (χ3n) is 6.57. The second kappa shape index (κ2) is 7.94. The summed E-state index contributed by atoms with van der Waals surface area (Å²) in [5.74, 6) is 1.25. The van der Waals surface area contributed by atoms with Crippen LogP contribution in [0, 0.1) is 0 Å². The van der Waals surface area contributed by atoms with Gasteiger partial charge in [0.15, 0.2) is 6.29 Å². The van der Waals surface area contributed by atoms with Crippen molar-refractivity contribution in [2.24, 2.45) is 0 Å². The highest BCUT2D eigenvalue weighted by Gasteiger charge is 2.24. The van der Waals surface area contributed by atoms with Crippen LogP contribution in [0.15, 0.2) is 60.9 Å². The third kappa shape index (κ3) is 3.70. The van der Waals surface area contributed by atoms with Crippen LogP contribution in [0.1, 0.15) is 58.1 Å². The first kappa shape index (κ1) is 18.9. The lowest BCUT2D eigenvalue weighted by molar-refractivity contribution is 0.112. The highest BCUT2D eigenvalue weighted by Crippen LogP contribution is 2.41. The van der Waals surface area contributed by atoms with Crippen LogP contribution in [-0.4, -0.2) is 24.9 Å². The Morgan fingerprint density at radius 1 is 1.07 bits per heavy atom. The van der Waals surface area contributed by atoms with Crippen LogP contribution in [0.2, 0.25) is 0 Å². The summed E-state index contributed by atoms with van der Waals surface area (Å²) < 4.78 is 0. The highest BCUT2D eigenvalue weighted by molar-refractivity contribution is 5.83. The third-order valence-corrected chi connectivity index (χ3v) is 6.57. The van der Waals surface area contributed by atoms with Gasteiger partial charge in [0.1, 0.15) is 0 Å². The van der Waals surface area contributed by atoms with Crippen LogP contribution in [0.3, 0.4) is 0 Å². The number of carbonyl (C=O) groups is 1. The molecule has 3 aromatic rings. The average Bonchev–Trinajstić information content (AvgIpc) is 3.57. The lowest BCUT2D eigenvalue weighted by atomic mass is 10.0. The molecule has 1 fully saturated rings. The molecule has 1 aromatic heterocycles. The van der Waals surface area contributed by atoms with Crippen molar-refractivity contribution >= 4 is 23.3 Å². The van der Waals surface area contributed by atoms with Gasteiger partial charge in [0.05, 0.1) is 11.9 Å². The fourth-order valence-corrected chi connectivity index (χ4v) is 4.54. The van der Waals surface area contributed by atoms with Crippen molar-refractivity contribution in [1.82, 2.24) is 4.98 Å². The number of aldehydes is 1. The first-order chi connectivity index (χ1) is 14.7. The van der Waals surface area contributed by atoms with Gasteiger partial charge in [0.2, 0.25) is 0 Å². The van der Waals surface area contributed by atoms with Crippen molar-refractivity contribution in [3.63, 3.8) is 0 Å². The smallest absolute Gasteiger partial charge is 0.152 e. The molecule has 4 nitrogen and oxygen atoms in total. The van der Waals surface area contributed by atoms with E-state index in [4.69, 9.17) is 0 Å². The zero-order valence-corrected chi connectivity index (χ0v) is 17.3. The molecule has 152 valence electrons. The number of aromatic nitrogens is 1. The summed E-state index contributed by atoms with van der Waals surface area (Å²) in [5, 5.41) is 3.43. The monoisotopic (exact) mass is 397 g/mol. The Hall–Kier alpha value is -3.14. The molecule has 5 rings (SSSR count). The van der Waals surface area contributed by atoms with E-state index in [1.54, 1.807) is 18.5 Å². The quantitative estimate of drug-likeness (QED) is 0.521. The second-order valence-electron chi connectivity index (χ2n) is 8.51. The van der Waals surface area contributed by atoms with E-state index >= 15 is 0 Å². The van der Waals surface area contributed by atoms with E-state index in [0.717, 1.165) is 37.3 Å². The van der Waals surface area contributed by atoms with Crippen LogP contribution in [-0.2, 0) is 6.42 Å². The van der Waals surface area contributed by atoms with E-state index < -0.39 is 0 Å². The molecule has 0 amide bonds. The molecule has 4 heteroatoms. The van der Waals surface area contributed by atoms with Gasteiger partial charge >= 0.3 is 0 Å². The number of hydrogen-bond acceptors (Lipinski definition) is 4. The zero-order valence-electron chi connectivity index (χ0n) is 17.3.